The Kier molecular flexibility index (Phi) is 3.08. The van der Waals surface area contributed by atoms with Gasteiger partial charge >= 0.3 is 0 Å². The van der Waals surface area contributed by atoms with Crippen molar-refractivity contribution in [1.82, 2.24) is 5.32 Å². The highest BCUT2D eigenvalue weighted by atomic mass is 33.1. The molecule has 1 saturated heterocycles. The molecule has 1 atom stereocenters. The third kappa shape index (κ3) is 1.88. The van der Waals surface area contributed by atoms with Gasteiger partial charge in [-0.15, -0.1) is 0 Å². The van der Waals surface area contributed by atoms with Crippen LogP contribution in [0.2, 0.25) is 0 Å². The van der Waals surface area contributed by atoms with Gasteiger partial charge in [0, 0.05) is 11.8 Å². The molecule has 0 aliphatic carbocycles. The Morgan fingerprint density at radius 2 is 2.50 bits per heavy atom. The van der Waals surface area contributed by atoms with Crippen LogP contribution in [0.25, 0.3) is 0 Å². The van der Waals surface area contributed by atoms with Gasteiger partial charge in [-0.3, -0.25) is 0 Å². The van der Waals surface area contributed by atoms with Gasteiger partial charge in [-0.2, -0.15) is 0 Å². The van der Waals surface area contributed by atoms with E-state index in [1.165, 1.54) is 19.5 Å². The third-order valence-electron chi connectivity index (χ3n) is 1.25. The van der Waals surface area contributed by atoms with E-state index in [9.17, 15) is 0 Å². The topological polar surface area (TPSA) is 12.0 Å². The molecule has 1 fully saturated rings. The predicted molar refractivity (Wildman–Crippen MR) is 42.4 cm³/mol. The molecule has 1 aliphatic rings. The van der Waals surface area contributed by atoms with Gasteiger partial charge in [0.05, 0.1) is 0 Å². The summed E-state index contributed by atoms with van der Waals surface area (Å²) in [6, 6.07) is 0. The monoisotopic (exact) mass is 149 g/mol. The lowest BCUT2D eigenvalue weighted by molar-refractivity contribution is 0.859. The molecule has 1 nitrogen and oxygen atoms in total. The number of nitrogens with one attached hydrogen (secondary N) is 1. The maximum atomic E-state index is 3.32. The molecule has 1 N–H and O–H groups in total. The van der Waals surface area contributed by atoms with E-state index in [0.717, 1.165) is 5.25 Å². The molecule has 0 aromatic heterocycles. The summed E-state index contributed by atoms with van der Waals surface area (Å²) in [6.07, 6.45) is 3.49. The minimum atomic E-state index is 0.880. The predicted octanol–water partition coefficient (Wildman–Crippen LogP) is 1.36. The van der Waals surface area contributed by atoms with Crippen LogP contribution >= 0.6 is 21.6 Å². The zero-order valence-corrected chi connectivity index (χ0v) is 6.65. The number of rotatable bonds is 2. The van der Waals surface area contributed by atoms with Crippen LogP contribution in [0.3, 0.4) is 0 Å². The van der Waals surface area contributed by atoms with Crippen LogP contribution in [0.4, 0.5) is 0 Å². The van der Waals surface area contributed by atoms with Crippen molar-refractivity contribution in [2.45, 2.75) is 11.7 Å². The second-order valence-corrected chi connectivity index (χ2v) is 4.65. The molecule has 8 heavy (non-hydrogen) atoms. The first-order valence-electron chi connectivity index (χ1n) is 2.83. The molecule has 0 aromatic rings. The van der Waals surface area contributed by atoms with E-state index >= 15 is 0 Å². The maximum Gasteiger partial charge on any atom is 0.0288 e. The first-order valence-corrected chi connectivity index (χ1v) is 5.46. The minimum Gasteiger partial charge on any atom is -0.316 e. The lowest BCUT2D eigenvalue weighted by Crippen LogP contribution is -2.09. The van der Waals surface area contributed by atoms with E-state index < -0.39 is 0 Å². The Morgan fingerprint density at radius 3 is 3.00 bits per heavy atom. The molecular weight excluding hydrogens is 138 g/mol. The highest BCUT2D eigenvalue weighted by Gasteiger charge is 2.13. The van der Waals surface area contributed by atoms with Crippen molar-refractivity contribution in [3.63, 3.8) is 0 Å². The van der Waals surface area contributed by atoms with Crippen molar-refractivity contribution in [2.75, 3.05) is 19.3 Å². The lowest BCUT2D eigenvalue weighted by Gasteiger charge is -2.01. The quantitative estimate of drug-likeness (QED) is 0.595. The van der Waals surface area contributed by atoms with Crippen LogP contribution in [0.1, 0.15) is 6.42 Å². The van der Waals surface area contributed by atoms with Crippen LogP contribution in [-0.2, 0) is 0 Å². The zero-order valence-electron chi connectivity index (χ0n) is 5.02. The third-order valence-corrected chi connectivity index (χ3v) is 3.51. The van der Waals surface area contributed by atoms with Crippen molar-refractivity contribution < 1.29 is 0 Å². The molecule has 0 radical (unpaired) electrons. The molecular formula is C5H11NS2. The smallest absolute Gasteiger partial charge is 0.0288 e. The molecule has 0 saturated carbocycles. The summed E-state index contributed by atoms with van der Waals surface area (Å²) in [5, 5.41) is 4.20. The van der Waals surface area contributed by atoms with Crippen LogP contribution < -0.4 is 5.32 Å². The molecule has 1 unspecified atom stereocenters. The van der Waals surface area contributed by atoms with E-state index in [-0.39, 0.29) is 0 Å². The SMILES string of the molecule is CSSC1CCNC1. The van der Waals surface area contributed by atoms with Crippen molar-refractivity contribution in [1.29, 1.82) is 0 Å². The molecule has 0 bridgehead atoms. The molecule has 48 valence electrons. The Morgan fingerprint density at radius 1 is 1.62 bits per heavy atom. The Balaban J connectivity index is 2.06. The zero-order chi connectivity index (χ0) is 5.82. The van der Waals surface area contributed by atoms with Crippen LogP contribution in [-0.4, -0.2) is 24.6 Å². The van der Waals surface area contributed by atoms with Crippen molar-refractivity contribution in [3.8, 4) is 0 Å². The normalized spacial score (nSPS) is 28.9. The Hall–Kier alpha value is 0.660. The maximum absolute atomic E-state index is 3.32. The van der Waals surface area contributed by atoms with E-state index in [1.54, 1.807) is 0 Å². The van der Waals surface area contributed by atoms with Gasteiger partial charge in [0.1, 0.15) is 0 Å². The van der Waals surface area contributed by atoms with Crippen molar-refractivity contribution in [3.05, 3.63) is 0 Å². The van der Waals surface area contributed by atoms with E-state index in [2.05, 4.69) is 11.6 Å². The van der Waals surface area contributed by atoms with Crippen LogP contribution in [0.15, 0.2) is 0 Å². The fourth-order valence-electron chi connectivity index (χ4n) is 0.846. The molecule has 0 spiro atoms. The molecule has 1 rings (SSSR count). The number of hydrogen-bond acceptors (Lipinski definition) is 3. The van der Waals surface area contributed by atoms with Gasteiger partial charge in [0.2, 0.25) is 0 Å². The summed E-state index contributed by atoms with van der Waals surface area (Å²) < 4.78 is 0. The van der Waals surface area contributed by atoms with Gasteiger partial charge in [0.15, 0.2) is 0 Å². The summed E-state index contributed by atoms with van der Waals surface area (Å²) in [5.41, 5.74) is 0. The average molecular weight is 149 g/mol. The number of hydrogen-bond donors (Lipinski definition) is 1. The summed E-state index contributed by atoms with van der Waals surface area (Å²) in [4.78, 5) is 0. The fraction of sp³-hybridized carbons (Fsp3) is 1.00. The van der Waals surface area contributed by atoms with Crippen molar-refractivity contribution in [2.24, 2.45) is 0 Å². The molecule has 1 heterocycles. The summed E-state index contributed by atoms with van der Waals surface area (Å²) >= 11 is 0. The minimum absolute atomic E-state index is 0.880. The van der Waals surface area contributed by atoms with Gasteiger partial charge < -0.3 is 5.32 Å². The van der Waals surface area contributed by atoms with Gasteiger partial charge in [0.25, 0.3) is 0 Å². The lowest BCUT2D eigenvalue weighted by atomic mass is 10.4. The standard InChI is InChI=1S/C5H11NS2/c1-7-8-5-2-3-6-4-5/h5-6H,2-4H2,1H3. The summed E-state index contributed by atoms with van der Waals surface area (Å²) in [6.45, 7) is 2.43. The summed E-state index contributed by atoms with van der Waals surface area (Å²) in [7, 11) is 3.87. The van der Waals surface area contributed by atoms with E-state index in [0.29, 0.717) is 0 Å². The largest absolute Gasteiger partial charge is 0.316 e. The summed E-state index contributed by atoms with van der Waals surface area (Å²) in [5.74, 6) is 0. The molecule has 0 amide bonds. The Bertz CT molecular complexity index is 61.4. The van der Waals surface area contributed by atoms with Gasteiger partial charge in [-0.25, -0.2) is 0 Å². The van der Waals surface area contributed by atoms with Crippen molar-refractivity contribution >= 4 is 21.6 Å². The van der Waals surface area contributed by atoms with E-state index in [1.807, 2.05) is 21.6 Å². The average Bonchev–Trinajstić information content (AvgIpc) is 2.19. The van der Waals surface area contributed by atoms with Gasteiger partial charge in [-0.1, -0.05) is 21.6 Å². The second-order valence-electron chi connectivity index (χ2n) is 1.88. The highest BCUT2D eigenvalue weighted by Crippen LogP contribution is 2.26. The molecule has 0 aromatic carbocycles. The highest BCUT2D eigenvalue weighted by molar-refractivity contribution is 8.76. The van der Waals surface area contributed by atoms with E-state index in [4.69, 9.17) is 0 Å². The second kappa shape index (κ2) is 3.64. The molecule has 1 aliphatic heterocycles. The first kappa shape index (κ1) is 6.78. The molecule has 3 heteroatoms. The van der Waals surface area contributed by atoms with Gasteiger partial charge in [-0.05, 0) is 19.2 Å². The van der Waals surface area contributed by atoms with Crippen LogP contribution in [0, 0.1) is 0 Å². The Labute approximate surface area is 58.4 Å². The first-order chi connectivity index (χ1) is 3.93. The fourth-order valence-corrected chi connectivity index (χ4v) is 2.83. The van der Waals surface area contributed by atoms with Crippen LogP contribution in [0.5, 0.6) is 0 Å².